The van der Waals surface area contributed by atoms with Gasteiger partial charge in [0.2, 0.25) is 0 Å². The fourth-order valence-electron chi connectivity index (χ4n) is 1.53. The Morgan fingerprint density at radius 2 is 1.82 bits per heavy atom. The molecule has 1 heterocycles. The highest BCUT2D eigenvalue weighted by Gasteiger charge is 2.29. The van der Waals surface area contributed by atoms with Crippen LogP contribution in [0.3, 0.4) is 0 Å². The van der Waals surface area contributed by atoms with E-state index >= 15 is 0 Å². The topological polar surface area (TPSA) is 43.8 Å². The molecular weight excluding hydrogens is 231 g/mol. The van der Waals surface area contributed by atoms with Crippen LogP contribution < -0.4 is 5.73 Å². The maximum absolute atomic E-state index is 12.4. The van der Waals surface area contributed by atoms with Crippen molar-refractivity contribution in [2.45, 2.75) is 12.7 Å². The molecule has 0 aliphatic rings. The Morgan fingerprint density at radius 3 is 2.35 bits per heavy atom. The van der Waals surface area contributed by atoms with Gasteiger partial charge >= 0.3 is 6.18 Å². The first-order valence-electron chi connectivity index (χ1n) is 4.92. The lowest BCUT2D eigenvalue weighted by Crippen LogP contribution is -2.08. The molecule has 2 rings (SSSR count). The summed E-state index contributed by atoms with van der Waals surface area (Å²) in [6.07, 6.45) is -1.10. The standard InChI is InChI=1S/C11H10F3N3/c12-11(13,14)8-1-3-9(4-2-8)17-6-5-16-10(17)7-15/h1-6H,7,15H2. The highest BCUT2D eigenvalue weighted by molar-refractivity contribution is 5.36. The molecule has 90 valence electrons. The van der Waals surface area contributed by atoms with Crippen molar-refractivity contribution in [2.24, 2.45) is 5.73 Å². The van der Waals surface area contributed by atoms with E-state index in [1.165, 1.54) is 12.1 Å². The SMILES string of the molecule is NCc1nccn1-c1ccc(C(F)(F)F)cc1. The summed E-state index contributed by atoms with van der Waals surface area (Å²) in [7, 11) is 0. The molecular formula is C11H10F3N3. The molecule has 0 aliphatic carbocycles. The Morgan fingerprint density at radius 1 is 1.18 bits per heavy atom. The van der Waals surface area contributed by atoms with Crippen molar-refractivity contribution in [3.8, 4) is 5.69 Å². The van der Waals surface area contributed by atoms with Gasteiger partial charge in [0.1, 0.15) is 5.82 Å². The highest BCUT2D eigenvalue weighted by Crippen LogP contribution is 2.29. The average molecular weight is 241 g/mol. The van der Waals surface area contributed by atoms with Crippen molar-refractivity contribution in [3.63, 3.8) is 0 Å². The largest absolute Gasteiger partial charge is 0.416 e. The molecule has 0 saturated heterocycles. The van der Waals surface area contributed by atoms with Gasteiger partial charge in [-0.3, -0.25) is 0 Å². The van der Waals surface area contributed by atoms with E-state index in [1.54, 1.807) is 17.0 Å². The highest BCUT2D eigenvalue weighted by atomic mass is 19.4. The van der Waals surface area contributed by atoms with Crippen molar-refractivity contribution in [1.82, 2.24) is 9.55 Å². The Balaban J connectivity index is 2.36. The maximum atomic E-state index is 12.4. The fourth-order valence-corrected chi connectivity index (χ4v) is 1.53. The van der Waals surface area contributed by atoms with Crippen LogP contribution in [0.2, 0.25) is 0 Å². The van der Waals surface area contributed by atoms with Gasteiger partial charge < -0.3 is 10.3 Å². The summed E-state index contributed by atoms with van der Waals surface area (Å²) < 4.78 is 38.8. The predicted octanol–water partition coefficient (Wildman–Crippen LogP) is 2.35. The minimum absolute atomic E-state index is 0.230. The summed E-state index contributed by atoms with van der Waals surface area (Å²) in [5, 5.41) is 0. The molecule has 1 aromatic heterocycles. The molecule has 0 saturated carbocycles. The lowest BCUT2D eigenvalue weighted by atomic mass is 10.2. The van der Waals surface area contributed by atoms with Crippen molar-refractivity contribution >= 4 is 0 Å². The van der Waals surface area contributed by atoms with Crippen LogP contribution in [0.5, 0.6) is 0 Å². The third kappa shape index (κ3) is 2.31. The van der Waals surface area contributed by atoms with E-state index in [0.717, 1.165) is 12.1 Å². The maximum Gasteiger partial charge on any atom is 0.416 e. The van der Waals surface area contributed by atoms with Crippen LogP contribution in [0.15, 0.2) is 36.7 Å². The molecule has 0 amide bonds. The van der Waals surface area contributed by atoms with Crippen LogP contribution in [0.1, 0.15) is 11.4 Å². The van der Waals surface area contributed by atoms with Crippen molar-refractivity contribution in [3.05, 3.63) is 48.0 Å². The molecule has 0 spiro atoms. The van der Waals surface area contributed by atoms with E-state index in [2.05, 4.69) is 4.98 Å². The first-order valence-corrected chi connectivity index (χ1v) is 4.92. The molecule has 0 fully saturated rings. The Kier molecular flexibility index (Phi) is 2.89. The third-order valence-electron chi connectivity index (χ3n) is 2.37. The van der Waals surface area contributed by atoms with Crippen LogP contribution in [-0.2, 0) is 12.7 Å². The molecule has 0 atom stereocenters. The Labute approximate surface area is 95.7 Å². The first-order chi connectivity index (χ1) is 8.02. The van der Waals surface area contributed by atoms with Crippen LogP contribution in [0, 0.1) is 0 Å². The molecule has 6 heteroatoms. The number of benzene rings is 1. The third-order valence-corrected chi connectivity index (χ3v) is 2.37. The molecule has 1 aromatic carbocycles. The van der Waals surface area contributed by atoms with Crippen molar-refractivity contribution in [1.29, 1.82) is 0 Å². The lowest BCUT2D eigenvalue weighted by Gasteiger charge is -2.09. The summed E-state index contributed by atoms with van der Waals surface area (Å²) in [4.78, 5) is 4.00. The minimum atomic E-state index is -4.32. The predicted molar refractivity (Wildman–Crippen MR) is 56.5 cm³/mol. The second-order valence-corrected chi connectivity index (χ2v) is 3.46. The normalized spacial score (nSPS) is 11.8. The lowest BCUT2D eigenvalue weighted by molar-refractivity contribution is -0.137. The van der Waals surface area contributed by atoms with Gasteiger partial charge in [-0.1, -0.05) is 0 Å². The summed E-state index contributed by atoms with van der Waals surface area (Å²) in [5.41, 5.74) is 5.40. The minimum Gasteiger partial charge on any atom is -0.324 e. The van der Waals surface area contributed by atoms with Gasteiger partial charge in [0.05, 0.1) is 12.1 Å². The molecule has 3 nitrogen and oxygen atoms in total. The molecule has 0 unspecified atom stereocenters. The summed E-state index contributed by atoms with van der Waals surface area (Å²) >= 11 is 0. The summed E-state index contributed by atoms with van der Waals surface area (Å²) in [6, 6.07) is 4.86. The number of aromatic nitrogens is 2. The Hall–Kier alpha value is -1.82. The molecule has 2 aromatic rings. The number of nitrogens with zero attached hydrogens (tertiary/aromatic N) is 2. The zero-order valence-electron chi connectivity index (χ0n) is 8.78. The van der Waals surface area contributed by atoms with Crippen LogP contribution in [0.25, 0.3) is 5.69 Å². The van der Waals surface area contributed by atoms with E-state index in [-0.39, 0.29) is 6.54 Å². The molecule has 2 N–H and O–H groups in total. The first kappa shape index (κ1) is 11.7. The number of hydrogen-bond acceptors (Lipinski definition) is 2. The number of alkyl halides is 3. The van der Waals surface area contributed by atoms with Gasteiger partial charge in [-0.05, 0) is 24.3 Å². The number of halogens is 3. The molecule has 0 radical (unpaired) electrons. The van der Waals surface area contributed by atoms with E-state index in [0.29, 0.717) is 11.5 Å². The number of imidazole rings is 1. The van der Waals surface area contributed by atoms with Gasteiger partial charge in [-0.25, -0.2) is 4.98 Å². The molecule has 0 aliphatic heterocycles. The zero-order chi connectivity index (χ0) is 12.5. The summed E-state index contributed by atoms with van der Waals surface area (Å²) in [5.74, 6) is 0.602. The van der Waals surface area contributed by atoms with Crippen molar-refractivity contribution in [2.75, 3.05) is 0 Å². The second kappa shape index (κ2) is 4.21. The van der Waals surface area contributed by atoms with E-state index < -0.39 is 11.7 Å². The molecule has 0 bridgehead atoms. The smallest absolute Gasteiger partial charge is 0.324 e. The van der Waals surface area contributed by atoms with Crippen LogP contribution in [-0.4, -0.2) is 9.55 Å². The fraction of sp³-hybridized carbons (Fsp3) is 0.182. The van der Waals surface area contributed by atoms with E-state index in [4.69, 9.17) is 5.73 Å². The monoisotopic (exact) mass is 241 g/mol. The summed E-state index contributed by atoms with van der Waals surface area (Å²) in [6.45, 7) is 0.230. The van der Waals surface area contributed by atoms with Crippen molar-refractivity contribution < 1.29 is 13.2 Å². The van der Waals surface area contributed by atoms with Crippen LogP contribution >= 0.6 is 0 Å². The Bertz CT molecular complexity index is 499. The van der Waals surface area contributed by atoms with Crippen LogP contribution in [0.4, 0.5) is 13.2 Å². The second-order valence-electron chi connectivity index (χ2n) is 3.46. The van der Waals surface area contributed by atoms with Gasteiger partial charge in [0, 0.05) is 18.1 Å². The van der Waals surface area contributed by atoms with E-state index in [1.807, 2.05) is 0 Å². The quantitative estimate of drug-likeness (QED) is 0.877. The van der Waals surface area contributed by atoms with Gasteiger partial charge in [0.15, 0.2) is 0 Å². The zero-order valence-corrected chi connectivity index (χ0v) is 8.78. The van der Waals surface area contributed by atoms with Gasteiger partial charge in [-0.15, -0.1) is 0 Å². The number of hydrogen-bond donors (Lipinski definition) is 1. The van der Waals surface area contributed by atoms with Gasteiger partial charge in [0.25, 0.3) is 0 Å². The van der Waals surface area contributed by atoms with E-state index in [9.17, 15) is 13.2 Å². The van der Waals surface area contributed by atoms with Gasteiger partial charge in [-0.2, -0.15) is 13.2 Å². The molecule has 17 heavy (non-hydrogen) atoms. The number of rotatable bonds is 2. The number of nitrogens with two attached hydrogens (primary N) is 1. The average Bonchev–Trinajstić information content (AvgIpc) is 2.76.